The predicted molar refractivity (Wildman–Crippen MR) is 79.1 cm³/mol. The van der Waals surface area contributed by atoms with Crippen molar-refractivity contribution in [2.24, 2.45) is 11.7 Å². The van der Waals surface area contributed by atoms with Gasteiger partial charge in [0.15, 0.2) is 0 Å². The smallest absolute Gasteiger partial charge is 0.254 e. The molecule has 2 heterocycles. The fourth-order valence-electron chi connectivity index (χ4n) is 2.53. The fraction of sp³-hybridized carbons (Fsp3) is 0.533. The van der Waals surface area contributed by atoms with Crippen LogP contribution in [0.5, 0.6) is 0 Å². The normalized spacial score (nSPS) is 22.8. The molecule has 2 unspecified atom stereocenters. The summed E-state index contributed by atoms with van der Waals surface area (Å²) in [6.07, 6.45) is 2.19. The van der Waals surface area contributed by atoms with Gasteiger partial charge in [-0.15, -0.1) is 11.3 Å². The summed E-state index contributed by atoms with van der Waals surface area (Å²) in [5.41, 5.74) is 6.10. The van der Waals surface area contributed by atoms with Gasteiger partial charge in [-0.1, -0.05) is 18.8 Å². The van der Waals surface area contributed by atoms with Crippen molar-refractivity contribution in [2.45, 2.75) is 32.7 Å². The maximum atomic E-state index is 12.5. The van der Waals surface area contributed by atoms with Crippen LogP contribution in [0, 0.1) is 17.8 Å². The van der Waals surface area contributed by atoms with Crippen molar-refractivity contribution in [1.29, 1.82) is 0 Å². The molecule has 1 aliphatic rings. The van der Waals surface area contributed by atoms with Gasteiger partial charge in [-0.3, -0.25) is 4.79 Å². The fourth-order valence-corrected chi connectivity index (χ4v) is 3.28. The standard InChI is InChI=1S/C15H20N2OS/c1-11-5-7-17(12(2)8-11)15(18)13-9-14(19-10-13)4-3-6-16/h9-12H,5-8,16H2,1-2H3. The van der Waals surface area contributed by atoms with E-state index in [1.54, 1.807) is 0 Å². The van der Waals surface area contributed by atoms with Crippen LogP contribution in [0.4, 0.5) is 0 Å². The maximum Gasteiger partial charge on any atom is 0.254 e. The summed E-state index contributed by atoms with van der Waals surface area (Å²) < 4.78 is 0. The van der Waals surface area contributed by atoms with Crippen LogP contribution in [-0.2, 0) is 0 Å². The van der Waals surface area contributed by atoms with E-state index in [9.17, 15) is 4.79 Å². The second kappa shape index (κ2) is 6.23. The Hall–Kier alpha value is -1.31. The van der Waals surface area contributed by atoms with Crippen LogP contribution in [0.25, 0.3) is 0 Å². The summed E-state index contributed by atoms with van der Waals surface area (Å²) in [5, 5.41) is 1.90. The highest BCUT2D eigenvalue weighted by molar-refractivity contribution is 7.10. The number of hydrogen-bond acceptors (Lipinski definition) is 3. The molecule has 0 saturated carbocycles. The van der Waals surface area contributed by atoms with Gasteiger partial charge < -0.3 is 10.6 Å². The minimum atomic E-state index is 0.136. The van der Waals surface area contributed by atoms with Crippen molar-refractivity contribution in [2.75, 3.05) is 13.1 Å². The molecule has 0 aromatic carbocycles. The van der Waals surface area contributed by atoms with Gasteiger partial charge >= 0.3 is 0 Å². The van der Waals surface area contributed by atoms with Crippen LogP contribution < -0.4 is 5.73 Å². The van der Waals surface area contributed by atoms with Crippen molar-refractivity contribution in [3.8, 4) is 11.8 Å². The quantitative estimate of drug-likeness (QED) is 0.800. The van der Waals surface area contributed by atoms with E-state index in [1.165, 1.54) is 11.3 Å². The van der Waals surface area contributed by atoms with E-state index in [0.29, 0.717) is 18.5 Å². The molecule has 2 N–H and O–H groups in total. The summed E-state index contributed by atoms with van der Waals surface area (Å²) in [6, 6.07) is 2.20. The lowest BCUT2D eigenvalue weighted by molar-refractivity contribution is 0.0589. The van der Waals surface area contributed by atoms with Crippen molar-refractivity contribution in [1.82, 2.24) is 4.90 Å². The number of rotatable bonds is 1. The molecule has 1 amide bonds. The van der Waals surface area contributed by atoms with Gasteiger partial charge in [0.1, 0.15) is 0 Å². The maximum absolute atomic E-state index is 12.5. The third kappa shape index (κ3) is 3.37. The number of carbonyl (C=O) groups is 1. The van der Waals surface area contributed by atoms with Crippen LogP contribution in [-0.4, -0.2) is 29.9 Å². The second-order valence-electron chi connectivity index (χ2n) is 5.18. The van der Waals surface area contributed by atoms with E-state index >= 15 is 0 Å². The SMILES string of the molecule is CC1CCN(C(=O)c2csc(C#CCN)c2)C(C)C1. The number of thiophene rings is 1. The Morgan fingerprint density at radius 2 is 2.37 bits per heavy atom. The molecule has 2 rings (SSSR count). The number of piperidine rings is 1. The first-order valence-corrected chi connectivity index (χ1v) is 7.58. The Balaban J connectivity index is 2.09. The molecule has 1 saturated heterocycles. The lowest BCUT2D eigenvalue weighted by atomic mass is 9.93. The van der Waals surface area contributed by atoms with Crippen molar-refractivity contribution in [3.05, 3.63) is 21.9 Å². The van der Waals surface area contributed by atoms with Crippen molar-refractivity contribution in [3.63, 3.8) is 0 Å². The van der Waals surface area contributed by atoms with E-state index in [2.05, 4.69) is 25.7 Å². The third-order valence-corrected chi connectivity index (χ3v) is 4.40. The number of nitrogens with two attached hydrogens (primary N) is 1. The Morgan fingerprint density at radius 1 is 1.58 bits per heavy atom. The average molecular weight is 276 g/mol. The number of carbonyl (C=O) groups excluding carboxylic acids is 1. The van der Waals surface area contributed by atoms with Gasteiger partial charge in [0.25, 0.3) is 5.91 Å². The zero-order valence-electron chi connectivity index (χ0n) is 11.5. The van der Waals surface area contributed by atoms with E-state index < -0.39 is 0 Å². The highest BCUT2D eigenvalue weighted by Gasteiger charge is 2.27. The summed E-state index contributed by atoms with van der Waals surface area (Å²) in [6.45, 7) is 5.60. The second-order valence-corrected chi connectivity index (χ2v) is 6.09. The van der Waals surface area contributed by atoms with Gasteiger partial charge in [0.05, 0.1) is 17.0 Å². The molecular formula is C15H20N2OS. The first kappa shape index (κ1) is 14.1. The largest absolute Gasteiger partial charge is 0.336 e. The van der Waals surface area contributed by atoms with Gasteiger partial charge in [-0.25, -0.2) is 0 Å². The average Bonchev–Trinajstić information content (AvgIpc) is 2.84. The van der Waals surface area contributed by atoms with Crippen molar-refractivity contribution >= 4 is 17.2 Å². The van der Waals surface area contributed by atoms with E-state index in [1.807, 2.05) is 16.3 Å². The van der Waals surface area contributed by atoms with E-state index in [4.69, 9.17) is 5.73 Å². The molecule has 4 heteroatoms. The van der Waals surface area contributed by atoms with Gasteiger partial charge in [-0.05, 0) is 31.7 Å². The molecular weight excluding hydrogens is 256 g/mol. The molecule has 3 nitrogen and oxygen atoms in total. The highest BCUT2D eigenvalue weighted by atomic mass is 32.1. The predicted octanol–water partition coefficient (Wildman–Crippen LogP) is 2.32. The molecule has 0 radical (unpaired) electrons. The minimum Gasteiger partial charge on any atom is -0.336 e. The third-order valence-electron chi connectivity index (χ3n) is 3.56. The van der Waals surface area contributed by atoms with Crippen LogP contribution in [0.2, 0.25) is 0 Å². The van der Waals surface area contributed by atoms with Crippen LogP contribution in [0.15, 0.2) is 11.4 Å². The zero-order chi connectivity index (χ0) is 13.8. The number of amides is 1. The molecule has 1 aromatic heterocycles. The lowest BCUT2D eigenvalue weighted by Crippen LogP contribution is -2.44. The number of hydrogen-bond donors (Lipinski definition) is 1. The Kier molecular flexibility index (Phi) is 4.62. The summed E-state index contributed by atoms with van der Waals surface area (Å²) >= 11 is 1.51. The molecule has 2 atom stereocenters. The first-order chi connectivity index (χ1) is 9.11. The molecule has 19 heavy (non-hydrogen) atoms. The van der Waals surface area contributed by atoms with Gasteiger partial charge in [0.2, 0.25) is 0 Å². The molecule has 102 valence electrons. The molecule has 0 aliphatic carbocycles. The van der Waals surface area contributed by atoms with Crippen LogP contribution in [0.3, 0.4) is 0 Å². The zero-order valence-corrected chi connectivity index (χ0v) is 12.3. The molecule has 0 bridgehead atoms. The number of nitrogens with zero attached hydrogens (tertiary/aromatic N) is 1. The van der Waals surface area contributed by atoms with E-state index in [0.717, 1.165) is 29.8 Å². The topological polar surface area (TPSA) is 46.3 Å². The minimum absolute atomic E-state index is 0.136. The Labute approximate surface area is 118 Å². The summed E-state index contributed by atoms with van der Waals surface area (Å²) in [4.78, 5) is 15.4. The van der Waals surface area contributed by atoms with Crippen LogP contribution >= 0.6 is 11.3 Å². The van der Waals surface area contributed by atoms with E-state index in [-0.39, 0.29) is 5.91 Å². The lowest BCUT2D eigenvalue weighted by Gasteiger charge is -2.36. The molecule has 1 aromatic rings. The molecule has 1 fully saturated rings. The Bertz CT molecular complexity index is 512. The number of likely N-dealkylation sites (tertiary alicyclic amines) is 1. The van der Waals surface area contributed by atoms with Crippen molar-refractivity contribution < 1.29 is 4.79 Å². The van der Waals surface area contributed by atoms with Gasteiger partial charge in [-0.2, -0.15) is 0 Å². The molecule has 1 aliphatic heterocycles. The molecule has 0 spiro atoms. The van der Waals surface area contributed by atoms with Crippen LogP contribution in [0.1, 0.15) is 41.9 Å². The summed E-state index contributed by atoms with van der Waals surface area (Å²) in [5.74, 6) is 6.64. The summed E-state index contributed by atoms with van der Waals surface area (Å²) in [7, 11) is 0. The Morgan fingerprint density at radius 3 is 3.05 bits per heavy atom. The first-order valence-electron chi connectivity index (χ1n) is 6.70. The highest BCUT2D eigenvalue weighted by Crippen LogP contribution is 2.25. The van der Waals surface area contributed by atoms with Gasteiger partial charge in [0, 0.05) is 18.0 Å². The monoisotopic (exact) mass is 276 g/mol.